The molecule has 0 aromatic heterocycles. The predicted molar refractivity (Wildman–Crippen MR) is 114 cm³/mol. The summed E-state index contributed by atoms with van der Waals surface area (Å²) in [6.07, 6.45) is 4.86. The number of benzene rings is 2. The van der Waals surface area contributed by atoms with Crippen LogP contribution in [0.15, 0.2) is 66.7 Å². The van der Waals surface area contributed by atoms with E-state index in [4.69, 9.17) is 0 Å². The van der Waals surface area contributed by atoms with Crippen LogP contribution in [0.25, 0.3) is 6.08 Å². The smallest absolute Gasteiger partial charge is 0.325 e. The van der Waals surface area contributed by atoms with Crippen LogP contribution in [-0.4, -0.2) is 52.8 Å². The highest BCUT2D eigenvalue weighted by molar-refractivity contribution is 6.07. The van der Waals surface area contributed by atoms with Gasteiger partial charge >= 0.3 is 6.03 Å². The number of rotatable bonds is 5. The average Bonchev–Trinajstić information content (AvgIpc) is 3.01. The Morgan fingerprint density at radius 3 is 2.27 bits per heavy atom. The molecule has 2 aromatic rings. The van der Waals surface area contributed by atoms with Crippen molar-refractivity contribution in [3.8, 4) is 0 Å². The van der Waals surface area contributed by atoms with Gasteiger partial charge in [0.15, 0.2) is 0 Å². The van der Waals surface area contributed by atoms with Crippen LogP contribution in [0.2, 0.25) is 0 Å². The molecule has 0 saturated carbocycles. The lowest BCUT2D eigenvalue weighted by Crippen LogP contribution is -2.55. The van der Waals surface area contributed by atoms with Gasteiger partial charge in [0, 0.05) is 25.7 Å². The molecule has 0 radical (unpaired) electrons. The maximum Gasteiger partial charge on any atom is 0.325 e. The Morgan fingerprint density at radius 1 is 0.967 bits per heavy atom. The molecular weight excluding hydrogens is 378 g/mol. The van der Waals surface area contributed by atoms with Crippen molar-refractivity contribution >= 4 is 23.9 Å². The molecule has 4 rings (SSSR count). The van der Waals surface area contributed by atoms with Gasteiger partial charge in [-0.25, -0.2) is 4.79 Å². The van der Waals surface area contributed by atoms with Crippen molar-refractivity contribution < 1.29 is 14.4 Å². The fourth-order valence-electron chi connectivity index (χ4n) is 4.05. The molecule has 0 unspecified atom stereocenters. The van der Waals surface area contributed by atoms with Gasteiger partial charge in [0.1, 0.15) is 5.54 Å². The van der Waals surface area contributed by atoms with Crippen LogP contribution in [-0.2, 0) is 16.0 Å². The molecule has 0 aliphatic carbocycles. The zero-order valence-electron chi connectivity index (χ0n) is 16.8. The van der Waals surface area contributed by atoms with E-state index in [9.17, 15) is 14.4 Å². The van der Waals surface area contributed by atoms with Crippen molar-refractivity contribution in [1.29, 1.82) is 0 Å². The minimum atomic E-state index is -0.881. The first kappa shape index (κ1) is 19.9. The lowest BCUT2D eigenvalue weighted by atomic mass is 9.87. The molecule has 0 atom stereocenters. The Hall–Kier alpha value is -3.41. The minimum Gasteiger partial charge on any atom is -0.339 e. The molecule has 6 nitrogen and oxygen atoms in total. The second-order valence-electron chi connectivity index (χ2n) is 7.77. The Morgan fingerprint density at radius 2 is 1.60 bits per heavy atom. The Labute approximate surface area is 176 Å². The minimum absolute atomic E-state index is 0.0774. The normalized spacial score (nSPS) is 18.3. The Bertz CT molecular complexity index is 948. The third-order valence-electron chi connectivity index (χ3n) is 5.86. The van der Waals surface area contributed by atoms with Gasteiger partial charge in [-0.15, -0.1) is 0 Å². The van der Waals surface area contributed by atoms with E-state index in [0.29, 0.717) is 38.9 Å². The van der Waals surface area contributed by atoms with Crippen LogP contribution in [0.4, 0.5) is 4.79 Å². The first-order valence-corrected chi connectivity index (χ1v) is 10.3. The standard InChI is InChI=1S/C24H25N3O3/c28-21(12-11-19-7-3-1-4-8-19)26-17-14-24(15-18-26)22(29)27(23(30)25-24)16-13-20-9-5-2-6-10-20/h1-12H,13-18H2,(H,25,30)/b12-11+. The third kappa shape index (κ3) is 4.13. The number of nitrogens with one attached hydrogen (secondary N) is 1. The summed E-state index contributed by atoms with van der Waals surface area (Å²) < 4.78 is 0. The van der Waals surface area contributed by atoms with Crippen LogP contribution in [0.5, 0.6) is 0 Å². The topological polar surface area (TPSA) is 69.7 Å². The van der Waals surface area contributed by atoms with Gasteiger partial charge in [-0.3, -0.25) is 14.5 Å². The number of carbonyl (C=O) groups is 3. The van der Waals surface area contributed by atoms with Gasteiger partial charge in [0.2, 0.25) is 5.91 Å². The maximum absolute atomic E-state index is 13.0. The molecule has 0 bridgehead atoms. The summed E-state index contributed by atoms with van der Waals surface area (Å²) in [6.45, 7) is 1.24. The summed E-state index contributed by atoms with van der Waals surface area (Å²) in [6, 6.07) is 19.1. The van der Waals surface area contributed by atoms with E-state index in [1.807, 2.05) is 60.7 Å². The number of piperidine rings is 1. The molecule has 2 fully saturated rings. The van der Waals surface area contributed by atoms with Gasteiger partial charge in [-0.05, 0) is 36.5 Å². The Kier molecular flexibility index (Phi) is 5.65. The zero-order valence-corrected chi connectivity index (χ0v) is 16.8. The highest BCUT2D eigenvalue weighted by Gasteiger charge is 2.52. The van der Waals surface area contributed by atoms with E-state index in [0.717, 1.165) is 11.1 Å². The van der Waals surface area contributed by atoms with E-state index in [1.54, 1.807) is 17.1 Å². The molecule has 2 heterocycles. The highest BCUT2D eigenvalue weighted by atomic mass is 16.2. The number of nitrogens with zero attached hydrogens (tertiary/aromatic N) is 2. The van der Waals surface area contributed by atoms with E-state index in [-0.39, 0.29) is 17.8 Å². The lowest BCUT2D eigenvalue weighted by Gasteiger charge is -2.36. The number of imide groups is 1. The van der Waals surface area contributed by atoms with Crippen molar-refractivity contribution in [3.05, 3.63) is 77.9 Å². The molecule has 154 valence electrons. The Balaban J connectivity index is 1.34. The third-order valence-corrected chi connectivity index (χ3v) is 5.86. The average molecular weight is 403 g/mol. The molecule has 1 spiro atoms. The number of likely N-dealkylation sites (tertiary alicyclic amines) is 1. The molecule has 2 aliphatic rings. The van der Waals surface area contributed by atoms with Crippen LogP contribution in [0, 0.1) is 0 Å². The van der Waals surface area contributed by atoms with Crippen molar-refractivity contribution in [2.45, 2.75) is 24.8 Å². The SMILES string of the molecule is O=C(/C=C/c1ccccc1)N1CCC2(CC1)NC(=O)N(CCc1ccccc1)C2=O. The maximum atomic E-state index is 13.0. The van der Waals surface area contributed by atoms with Gasteiger partial charge < -0.3 is 10.2 Å². The number of amides is 4. The monoisotopic (exact) mass is 403 g/mol. The predicted octanol–water partition coefficient (Wildman–Crippen LogP) is 2.86. The van der Waals surface area contributed by atoms with Crippen molar-refractivity contribution in [3.63, 3.8) is 0 Å². The van der Waals surface area contributed by atoms with Crippen molar-refractivity contribution in [1.82, 2.24) is 15.1 Å². The second-order valence-corrected chi connectivity index (χ2v) is 7.77. The van der Waals surface area contributed by atoms with Crippen molar-refractivity contribution in [2.24, 2.45) is 0 Å². The quantitative estimate of drug-likeness (QED) is 0.617. The molecule has 2 aliphatic heterocycles. The van der Waals surface area contributed by atoms with Crippen LogP contribution >= 0.6 is 0 Å². The fraction of sp³-hybridized carbons (Fsp3) is 0.292. The molecule has 30 heavy (non-hydrogen) atoms. The second kappa shape index (κ2) is 8.53. The lowest BCUT2D eigenvalue weighted by molar-refractivity contribution is -0.136. The van der Waals surface area contributed by atoms with Gasteiger partial charge in [-0.1, -0.05) is 60.7 Å². The molecule has 4 amide bonds. The first-order chi connectivity index (χ1) is 14.6. The van der Waals surface area contributed by atoms with Crippen LogP contribution in [0.1, 0.15) is 24.0 Å². The summed E-state index contributed by atoms with van der Waals surface area (Å²) in [5.41, 5.74) is 1.17. The highest BCUT2D eigenvalue weighted by Crippen LogP contribution is 2.29. The van der Waals surface area contributed by atoms with Gasteiger partial charge in [-0.2, -0.15) is 0 Å². The van der Waals surface area contributed by atoms with Crippen LogP contribution < -0.4 is 5.32 Å². The van der Waals surface area contributed by atoms with Gasteiger partial charge in [0.05, 0.1) is 0 Å². The summed E-state index contributed by atoms with van der Waals surface area (Å²) in [5, 5.41) is 2.90. The van der Waals surface area contributed by atoms with E-state index in [1.165, 1.54) is 4.90 Å². The largest absolute Gasteiger partial charge is 0.339 e. The first-order valence-electron chi connectivity index (χ1n) is 10.3. The number of hydrogen-bond donors (Lipinski definition) is 1. The molecule has 2 saturated heterocycles. The summed E-state index contributed by atoms with van der Waals surface area (Å²) in [5.74, 6) is -0.248. The number of urea groups is 1. The van der Waals surface area contributed by atoms with Crippen LogP contribution in [0.3, 0.4) is 0 Å². The van der Waals surface area contributed by atoms with Gasteiger partial charge in [0.25, 0.3) is 5.91 Å². The molecule has 6 heteroatoms. The summed E-state index contributed by atoms with van der Waals surface area (Å²) in [7, 11) is 0. The number of hydrogen-bond acceptors (Lipinski definition) is 3. The van der Waals surface area contributed by atoms with Crippen molar-refractivity contribution in [2.75, 3.05) is 19.6 Å². The fourth-order valence-corrected chi connectivity index (χ4v) is 4.05. The summed E-state index contributed by atoms with van der Waals surface area (Å²) >= 11 is 0. The molecular formula is C24H25N3O3. The molecule has 1 N–H and O–H groups in total. The summed E-state index contributed by atoms with van der Waals surface area (Å²) in [4.78, 5) is 41.0. The van der Waals surface area contributed by atoms with E-state index in [2.05, 4.69) is 5.32 Å². The zero-order chi connectivity index (χ0) is 21.0. The molecule has 2 aromatic carbocycles. The van der Waals surface area contributed by atoms with E-state index < -0.39 is 5.54 Å². The van der Waals surface area contributed by atoms with E-state index >= 15 is 0 Å². The number of carbonyl (C=O) groups excluding carboxylic acids is 3.